The minimum Gasteiger partial charge on any atom is -0.294 e. The van der Waals surface area contributed by atoms with Crippen LogP contribution in [0, 0.1) is 6.92 Å². The van der Waals surface area contributed by atoms with Gasteiger partial charge in [-0.25, -0.2) is 0 Å². The Morgan fingerprint density at radius 1 is 1.50 bits per heavy atom. The van der Waals surface area contributed by atoms with Crippen LogP contribution in [0.5, 0.6) is 0 Å². The molecule has 0 N–H and O–H groups in total. The first kappa shape index (κ1) is 11.7. The topological polar surface area (TPSA) is 17.1 Å². The third kappa shape index (κ3) is 2.58. The second-order valence-electron chi connectivity index (χ2n) is 3.25. The molecule has 0 bridgehead atoms. The average molecular weight is 276 g/mol. The number of ketones is 1. The van der Waals surface area contributed by atoms with E-state index in [1.54, 1.807) is 6.07 Å². The third-order valence-corrected chi connectivity index (χ3v) is 3.09. The first-order valence-corrected chi connectivity index (χ1v) is 5.72. The fraction of sp³-hybridized carbons (Fsp3) is 0.364. The molecule has 0 aliphatic rings. The minimum absolute atomic E-state index is 0.140. The van der Waals surface area contributed by atoms with E-state index in [0.29, 0.717) is 17.0 Å². The first-order valence-electron chi connectivity index (χ1n) is 4.55. The summed E-state index contributed by atoms with van der Waals surface area (Å²) in [6.07, 6.45) is 1.43. The summed E-state index contributed by atoms with van der Waals surface area (Å²) < 4.78 is 0.831. The van der Waals surface area contributed by atoms with Gasteiger partial charge < -0.3 is 0 Å². The Balaban J connectivity index is 3.09. The lowest BCUT2D eigenvalue weighted by Crippen LogP contribution is -1.99. The maximum atomic E-state index is 11.6. The fourth-order valence-corrected chi connectivity index (χ4v) is 2.06. The Morgan fingerprint density at radius 3 is 2.71 bits per heavy atom. The van der Waals surface area contributed by atoms with Gasteiger partial charge in [0, 0.05) is 21.5 Å². The standard InChI is InChI=1S/C11H12BrClO/c1-3-4-11(14)8-6-10(13)7(2)5-9(8)12/h5-6H,3-4H2,1-2H3. The monoisotopic (exact) mass is 274 g/mol. The molecule has 1 rings (SSSR count). The zero-order valence-electron chi connectivity index (χ0n) is 8.23. The number of hydrogen-bond acceptors (Lipinski definition) is 1. The number of benzene rings is 1. The van der Waals surface area contributed by atoms with Gasteiger partial charge in [-0.3, -0.25) is 4.79 Å². The highest BCUT2D eigenvalue weighted by Gasteiger charge is 2.11. The van der Waals surface area contributed by atoms with Crippen LogP contribution in [0.1, 0.15) is 35.7 Å². The van der Waals surface area contributed by atoms with Crippen LogP contribution in [-0.4, -0.2) is 5.78 Å². The molecule has 0 aromatic heterocycles. The Bertz CT molecular complexity index is 361. The molecule has 0 aliphatic carbocycles. The fourth-order valence-electron chi connectivity index (χ4n) is 1.22. The molecule has 0 amide bonds. The molecule has 0 spiro atoms. The van der Waals surface area contributed by atoms with Crippen LogP contribution in [0.15, 0.2) is 16.6 Å². The molecular formula is C11H12BrClO. The number of hydrogen-bond donors (Lipinski definition) is 0. The molecule has 0 saturated carbocycles. The van der Waals surface area contributed by atoms with E-state index >= 15 is 0 Å². The second kappa shape index (κ2) is 4.94. The number of halogens is 2. The maximum Gasteiger partial charge on any atom is 0.164 e. The van der Waals surface area contributed by atoms with Gasteiger partial charge >= 0.3 is 0 Å². The van der Waals surface area contributed by atoms with E-state index < -0.39 is 0 Å². The number of carbonyl (C=O) groups is 1. The van der Waals surface area contributed by atoms with Crippen LogP contribution in [-0.2, 0) is 0 Å². The molecule has 76 valence electrons. The number of carbonyl (C=O) groups excluding carboxylic acids is 1. The van der Waals surface area contributed by atoms with Crippen LogP contribution < -0.4 is 0 Å². The Hall–Kier alpha value is -0.340. The molecule has 1 aromatic carbocycles. The summed E-state index contributed by atoms with van der Waals surface area (Å²) in [5, 5.41) is 0.646. The van der Waals surface area contributed by atoms with Crippen LogP contribution >= 0.6 is 27.5 Å². The molecule has 1 aromatic rings. The van der Waals surface area contributed by atoms with E-state index in [0.717, 1.165) is 16.5 Å². The molecule has 0 unspecified atom stereocenters. The zero-order chi connectivity index (χ0) is 10.7. The SMILES string of the molecule is CCCC(=O)c1cc(Cl)c(C)cc1Br. The second-order valence-corrected chi connectivity index (χ2v) is 4.52. The average Bonchev–Trinajstić information content (AvgIpc) is 2.11. The van der Waals surface area contributed by atoms with Crippen LogP contribution in [0.2, 0.25) is 5.02 Å². The van der Waals surface area contributed by atoms with E-state index in [-0.39, 0.29) is 5.78 Å². The van der Waals surface area contributed by atoms with Gasteiger partial charge in [0.15, 0.2) is 5.78 Å². The van der Waals surface area contributed by atoms with Gasteiger partial charge in [0.25, 0.3) is 0 Å². The summed E-state index contributed by atoms with van der Waals surface area (Å²) in [4.78, 5) is 11.6. The molecule has 14 heavy (non-hydrogen) atoms. The van der Waals surface area contributed by atoms with Crippen molar-refractivity contribution < 1.29 is 4.79 Å². The van der Waals surface area contributed by atoms with Crippen molar-refractivity contribution in [1.29, 1.82) is 0 Å². The summed E-state index contributed by atoms with van der Waals surface area (Å²) in [7, 11) is 0. The third-order valence-electron chi connectivity index (χ3n) is 2.03. The van der Waals surface area contributed by atoms with E-state index in [1.165, 1.54) is 0 Å². The number of rotatable bonds is 3. The van der Waals surface area contributed by atoms with Crippen molar-refractivity contribution in [3.8, 4) is 0 Å². The summed E-state index contributed by atoms with van der Waals surface area (Å²) >= 11 is 9.33. The number of Topliss-reactive ketones (excluding diaryl/α,β-unsaturated/α-hetero) is 1. The zero-order valence-corrected chi connectivity index (χ0v) is 10.6. The first-order chi connectivity index (χ1) is 6.56. The highest BCUT2D eigenvalue weighted by atomic mass is 79.9. The van der Waals surface area contributed by atoms with Gasteiger partial charge in [-0.15, -0.1) is 0 Å². The molecule has 0 saturated heterocycles. The summed E-state index contributed by atoms with van der Waals surface area (Å²) in [6.45, 7) is 3.91. The lowest BCUT2D eigenvalue weighted by Gasteiger charge is -2.05. The normalized spacial score (nSPS) is 10.3. The molecule has 0 heterocycles. The van der Waals surface area contributed by atoms with Crippen molar-refractivity contribution in [2.45, 2.75) is 26.7 Å². The Kier molecular flexibility index (Phi) is 4.14. The summed E-state index contributed by atoms with van der Waals surface area (Å²) in [5.41, 5.74) is 1.66. The van der Waals surface area contributed by atoms with Crippen molar-refractivity contribution in [3.63, 3.8) is 0 Å². The highest BCUT2D eigenvalue weighted by molar-refractivity contribution is 9.10. The Morgan fingerprint density at radius 2 is 2.14 bits per heavy atom. The van der Waals surface area contributed by atoms with E-state index in [2.05, 4.69) is 15.9 Å². The van der Waals surface area contributed by atoms with Gasteiger partial charge in [-0.2, -0.15) is 0 Å². The quantitative estimate of drug-likeness (QED) is 0.748. The number of aryl methyl sites for hydroxylation is 1. The molecule has 0 fully saturated rings. The van der Waals surface area contributed by atoms with Gasteiger partial charge in [-0.05, 0) is 31.0 Å². The molecule has 0 atom stereocenters. The van der Waals surface area contributed by atoms with Crippen molar-refractivity contribution in [3.05, 3.63) is 32.8 Å². The van der Waals surface area contributed by atoms with E-state index in [4.69, 9.17) is 11.6 Å². The predicted molar refractivity (Wildman–Crippen MR) is 63.1 cm³/mol. The molecule has 0 radical (unpaired) electrons. The largest absolute Gasteiger partial charge is 0.294 e. The van der Waals surface area contributed by atoms with Crippen molar-refractivity contribution in [2.24, 2.45) is 0 Å². The van der Waals surface area contributed by atoms with Gasteiger partial charge in [0.2, 0.25) is 0 Å². The lowest BCUT2D eigenvalue weighted by molar-refractivity contribution is 0.0981. The van der Waals surface area contributed by atoms with Crippen molar-refractivity contribution >= 4 is 33.3 Å². The molecule has 0 aliphatic heterocycles. The minimum atomic E-state index is 0.140. The highest BCUT2D eigenvalue weighted by Crippen LogP contribution is 2.26. The van der Waals surface area contributed by atoms with Gasteiger partial charge in [0.1, 0.15) is 0 Å². The van der Waals surface area contributed by atoms with Crippen molar-refractivity contribution in [1.82, 2.24) is 0 Å². The van der Waals surface area contributed by atoms with Crippen LogP contribution in [0.3, 0.4) is 0 Å². The summed E-state index contributed by atoms with van der Waals surface area (Å²) in [5.74, 6) is 0.140. The molecular weight excluding hydrogens is 263 g/mol. The summed E-state index contributed by atoms with van der Waals surface area (Å²) in [6, 6.07) is 3.62. The van der Waals surface area contributed by atoms with Gasteiger partial charge in [-0.1, -0.05) is 34.5 Å². The van der Waals surface area contributed by atoms with E-state index in [9.17, 15) is 4.79 Å². The van der Waals surface area contributed by atoms with Crippen molar-refractivity contribution in [2.75, 3.05) is 0 Å². The lowest BCUT2D eigenvalue weighted by atomic mass is 10.1. The predicted octanol–water partition coefficient (Wildman–Crippen LogP) is 4.39. The maximum absolute atomic E-state index is 11.6. The van der Waals surface area contributed by atoms with Crippen LogP contribution in [0.4, 0.5) is 0 Å². The molecule has 1 nitrogen and oxygen atoms in total. The van der Waals surface area contributed by atoms with Crippen LogP contribution in [0.25, 0.3) is 0 Å². The smallest absolute Gasteiger partial charge is 0.164 e. The van der Waals surface area contributed by atoms with E-state index in [1.807, 2.05) is 19.9 Å². The molecule has 3 heteroatoms. The van der Waals surface area contributed by atoms with Gasteiger partial charge in [0.05, 0.1) is 0 Å². The Labute approximate surface area is 97.6 Å².